The molecular formula is C17H16N4. The number of aromatic nitrogens is 2. The number of benzene rings is 2. The Hall–Kier alpha value is -2.88. The summed E-state index contributed by atoms with van der Waals surface area (Å²) in [6.07, 6.45) is 1.76. The lowest BCUT2D eigenvalue weighted by Gasteiger charge is -2.07. The Kier molecular flexibility index (Phi) is 3.78. The molecule has 0 aliphatic carbocycles. The SMILES string of the molecule is Nc1ccc(CNc2nccc(-c3ccccc3)n2)cc1. The smallest absolute Gasteiger partial charge is 0.223 e. The number of rotatable bonds is 4. The topological polar surface area (TPSA) is 63.8 Å². The fourth-order valence-corrected chi connectivity index (χ4v) is 2.03. The lowest BCUT2D eigenvalue weighted by molar-refractivity contribution is 1.06. The largest absolute Gasteiger partial charge is 0.399 e. The van der Waals surface area contributed by atoms with Crippen LogP contribution in [-0.2, 0) is 6.54 Å². The Labute approximate surface area is 123 Å². The van der Waals surface area contributed by atoms with Crippen molar-refractivity contribution in [2.24, 2.45) is 0 Å². The second-order valence-corrected chi connectivity index (χ2v) is 4.73. The number of nitrogens with two attached hydrogens (primary N) is 1. The van der Waals surface area contributed by atoms with Crippen LogP contribution in [0.5, 0.6) is 0 Å². The van der Waals surface area contributed by atoms with Gasteiger partial charge in [-0.3, -0.25) is 0 Å². The van der Waals surface area contributed by atoms with E-state index in [9.17, 15) is 0 Å². The Morgan fingerprint density at radius 2 is 1.67 bits per heavy atom. The first-order valence-electron chi connectivity index (χ1n) is 6.78. The van der Waals surface area contributed by atoms with Gasteiger partial charge in [0.15, 0.2) is 0 Å². The Balaban J connectivity index is 1.73. The minimum atomic E-state index is 0.619. The van der Waals surface area contributed by atoms with Gasteiger partial charge < -0.3 is 11.1 Å². The molecular weight excluding hydrogens is 260 g/mol. The molecule has 4 nitrogen and oxygen atoms in total. The van der Waals surface area contributed by atoms with E-state index in [1.807, 2.05) is 60.7 Å². The number of hydrogen-bond donors (Lipinski definition) is 2. The molecule has 3 aromatic rings. The van der Waals surface area contributed by atoms with Crippen LogP contribution in [0.15, 0.2) is 66.9 Å². The van der Waals surface area contributed by atoms with Gasteiger partial charge in [0.05, 0.1) is 5.69 Å². The molecule has 0 radical (unpaired) electrons. The maximum atomic E-state index is 5.67. The van der Waals surface area contributed by atoms with Gasteiger partial charge in [0, 0.05) is 24.0 Å². The van der Waals surface area contributed by atoms with Gasteiger partial charge in [-0.2, -0.15) is 0 Å². The number of hydrogen-bond acceptors (Lipinski definition) is 4. The molecule has 0 atom stereocenters. The molecule has 0 aliphatic rings. The Morgan fingerprint density at radius 3 is 2.43 bits per heavy atom. The van der Waals surface area contributed by atoms with Crippen LogP contribution in [0.2, 0.25) is 0 Å². The zero-order valence-corrected chi connectivity index (χ0v) is 11.5. The van der Waals surface area contributed by atoms with Gasteiger partial charge in [-0.25, -0.2) is 9.97 Å². The summed E-state index contributed by atoms with van der Waals surface area (Å²) in [5.74, 6) is 0.619. The summed E-state index contributed by atoms with van der Waals surface area (Å²) in [5, 5.41) is 3.23. The normalized spacial score (nSPS) is 10.3. The second kappa shape index (κ2) is 6.05. The summed E-state index contributed by atoms with van der Waals surface area (Å²) in [5.41, 5.74) is 9.56. The third kappa shape index (κ3) is 3.36. The fourth-order valence-electron chi connectivity index (χ4n) is 2.03. The quantitative estimate of drug-likeness (QED) is 0.717. The van der Waals surface area contributed by atoms with Gasteiger partial charge in [0.25, 0.3) is 0 Å². The highest BCUT2D eigenvalue weighted by molar-refractivity contribution is 5.59. The third-order valence-electron chi connectivity index (χ3n) is 3.16. The molecule has 0 bridgehead atoms. The average Bonchev–Trinajstić information content (AvgIpc) is 2.55. The molecule has 3 rings (SSSR count). The van der Waals surface area contributed by atoms with E-state index in [-0.39, 0.29) is 0 Å². The van der Waals surface area contributed by atoms with E-state index in [2.05, 4.69) is 15.3 Å². The molecule has 0 saturated carbocycles. The first-order valence-corrected chi connectivity index (χ1v) is 6.78. The van der Waals surface area contributed by atoms with E-state index >= 15 is 0 Å². The van der Waals surface area contributed by atoms with Crippen LogP contribution in [0.3, 0.4) is 0 Å². The molecule has 3 N–H and O–H groups in total. The molecule has 0 fully saturated rings. The van der Waals surface area contributed by atoms with E-state index in [0.29, 0.717) is 12.5 Å². The molecule has 1 heterocycles. The highest BCUT2D eigenvalue weighted by Crippen LogP contribution is 2.17. The van der Waals surface area contributed by atoms with Crippen molar-refractivity contribution in [2.75, 3.05) is 11.1 Å². The molecule has 104 valence electrons. The molecule has 21 heavy (non-hydrogen) atoms. The first-order chi connectivity index (χ1) is 10.3. The van der Waals surface area contributed by atoms with Gasteiger partial charge in [0.1, 0.15) is 0 Å². The maximum absolute atomic E-state index is 5.67. The zero-order chi connectivity index (χ0) is 14.5. The van der Waals surface area contributed by atoms with Crippen molar-refractivity contribution in [1.82, 2.24) is 9.97 Å². The van der Waals surface area contributed by atoms with Gasteiger partial charge in [-0.05, 0) is 23.8 Å². The van der Waals surface area contributed by atoms with Gasteiger partial charge >= 0.3 is 0 Å². The molecule has 2 aromatic carbocycles. The fraction of sp³-hybridized carbons (Fsp3) is 0.0588. The van der Waals surface area contributed by atoms with E-state index in [4.69, 9.17) is 5.73 Å². The third-order valence-corrected chi connectivity index (χ3v) is 3.16. The molecule has 0 unspecified atom stereocenters. The second-order valence-electron chi connectivity index (χ2n) is 4.73. The molecule has 1 aromatic heterocycles. The molecule has 0 saturated heterocycles. The van der Waals surface area contributed by atoms with Crippen LogP contribution in [0.4, 0.5) is 11.6 Å². The van der Waals surface area contributed by atoms with Crippen LogP contribution < -0.4 is 11.1 Å². The average molecular weight is 276 g/mol. The van der Waals surface area contributed by atoms with E-state index in [1.54, 1.807) is 6.20 Å². The van der Waals surface area contributed by atoms with Crippen LogP contribution in [-0.4, -0.2) is 9.97 Å². The molecule has 0 spiro atoms. The lowest BCUT2D eigenvalue weighted by Crippen LogP contribution is -2.04. The van der Waals surface area contributed by atoms with E-state index in [1.165, 1.54) is 0 Å². The van der Waals surface area contributed by atoms with Crippen molar-refractivity contribution < 1.29 is 0 Å². The summed E-state index contributed by atoms with van der Waals surface area (Å²) in [6.45, 7) is 0.665. The summed E-state index contributed by atoms with van der Waals surface area (Å²) in [4.78, 5) is 8.78. The molecule has 0 amide bonds. The molecule has 4 heteroatoms. The van der Waals surface area contributed by atoms with Gasteiger partial charge in [-0.1, -0.05) is 42.5 Å². The van der Waals surface area contributed by atoms with Crippen molar-refractivity contribution in [3.05, 3.63) is 72.4 Å². The molecule has 0 aliphatic heterocycles. The number of nitrogens with zero attached hydrogens (tertiary/aromatic N) is 2. The van der Waals surface area contributed by atoms with Crippen LogP contribution in [0.1, 0.15) is 5.56 Å². The summed E-state index contributed by atoms with van der Waals surface area (Å²) in [7, 11) is 0. The van der Waals surface area contributed by atoms with Crippen molar-refractivity contribution in [3.63, 3.8) is 0 Å². The minimum absolute atomic E-state index is 0.619. The van der Waals surface area contributed by atoms with Crippen molar-refractivity contribution in [2.45, 2.75) is 6.54 Å². The number of nitrogen functional groups attached to an aromatic ring is 1. The monoisotopic (exact) mass is 276 g/mol. The van der Waals surface area contributed by atoms with Crippen LogP contribution in [0, 0.1) is 0 Å². The van der Waals surface area contributed by atoms with Crippen LogP contribution >= 0.6 is 0 Å². The zero-order valence-electron chi connectivity index (χ0n) is 11.5. The standard InChI is InChI=1S/C17H16N4/c18-15-8-6-13(7-9-15)12-20-17-19-11-10-16(21-17)14-4-2-1-3-5-14/h1-11H,12,18H2,(H,19,20,21). The van der Waals surface area contributed by atoms with Crippen molar-refractivity contribution >= 4 is 11.6 Å². The predicted molar refractivity (Wildman–Crippen MR) is 85.6 cm³/mol. The summed E-state index contributed by atoms with van der Waals surface area (Å²) >= 11 is 0. The van der Waals surface area contributed by atoms with Gasteiger partial charge in [0.2, 0.25) is 5.95 Å². The highest BCUT2D eigenvalue weighted by atomic mass is 15.1. The maximum Gasteiger partial charge on any atom is 0.223 e. The Morgan fingerprint density at radius 1 is 0.905 bits per heavy atom. The number of nitrogens with one attached hydrogen (secondary N) is 1. The highest BCUT2D eigenvalue weighted by Gasteiger charge is 2.01. The lowest BCUT2D eigenvalue weighted by atomic mass is 10.1. The predicted octanol–water partition coefficient (Wildman–Crippen LogP) is 3.34. The van der Waals surface area contributed by atoms with Gasteiger partial charge in [-0.15, -0.1) is 0 Å². The minimum Gasteiger partial charge on any atom is -0.399 e. The van der Waals surface area contributed by atoms with Crippen molar-refractivity contribution in [3.8, 4) is 11.3 Å². The van der Waals surface area contributed by atoms with E-state index in [0.717, 1.165) is 22.5 Å². The summed E-state index contributed by atoms with van der Waals surface area (Å²) in [6, 6.07) is 19.7. The number of anilines is 2. The summed E-state index contributed by atoms with van der Waals surface area (Å²) < 4.78 is 0. The van der Waals surface area contributed by atoms with Crippen LogP contribution in [0.25, 0.3) is 11.3 Å². The van der Waals surface area contributed by atoms with Crippen molar-refractivity contribution in [1.29, 1.82) is 0 Å². The Bertz CT molecular complexity index is 708. The first kappa shape index (κ1) is 13.1. The van der Waals surface area contributed by atoms with E-state index < -0.39 is 0 Å².